The fourth-order valence-corrected chi connectivity index (χ4v) is 2.24. The first-order chi connectivity index (χ1) is 7.24. The monoisotopic (exact) mass is 214 g/mol. The van der Waals surface area contributed by atoms with Crippen molar-refractivity contribution >= 4 is 0 Å². The van der Waals surface area contributed by atoms with E-state index in [1.807, 2.05) is 0 Å². The van der Waals surface area contributed by atoms with Gasteiger partial charge in [0.2, 0.25) is 0 Å². The molecule has 0 aromatic carbocycles. The van der Waals surface area contributed by atoms with Crippen molar-refractivity contribution in [2.75, 3.05) is 39.9 Å². The van der Waals surface area contributed by atoms with Crippen molar-refractivity contribution in [1.29, 1.82) is 0 Å². The molecular formula is C12H26N2O. The third-order valence-electron chi connectivity index (χ3n) is 3.23. The molecule has 3 nitrogen and oxygen atoms in total. The van der Waals surface area contributed by atoms with Gasteiger partial charge in [0, 0.05) is 32.8 Å². The van der Waals surface area contributed by atoms with Gasteiger partial charge in [-0.25, -0.2) is 0 Å². The van der Waals surface area contributed by atoms with Gasteiger partial charge in [0.05, 0.1) is 6.61 Å². The first kappa shape index (κ1) is 12.9. The Morgan fingerprint density at radius 3 is 3.00 bits per heavy atom. The topological polar surface area (TPSA) is 24.5 Å². The number of nitrogens with zero attached hydrogens (tertiary/aromatic N) is 1. The lowest BCUT2D eigenvalue weighted by molar-refractivity contribution is 0.133. The first-order valence-electron chi connectivity index (χ1n) is 6.17. The summed E-state index contributed by atoms with van der Waals surface area (Å²) in [6.45, 7) is 10.1. The number of hydrogen-bond acceptors (Lipinski definition) is 3. The van der Waals surface area contributed by atoms with Gasteiger partial charge in [0.1, 0.15) is 0 Å². The Labute approximate surface area is 94.2 Å². The molecule has 2 unspecified atom stereocenters. The van der Waals surface area contributed by atoms with Crippen LogP contribution in [-0.4, -0.2) is 50.8 Å². The normalized spacial score (nSPS) is 25.4. The van der Waals surface area contributed by atoms with Crippen LogP contribution < -0.4 is 5.32 Å². The van der Waals surface area contributed by atoms with Crippen molar-refractivity contribution in [3.8, 4) is 0 Å². The Morgan fingerprint density at radius 2 is 2.33 bits per heavy atom. The fraction of sp³-hybridized carbons (Fsp3) is 1.00. The summed E-state index contributed by atoms with van der Waals surface area (Å²) in [6, 6.07) is 0.657. The van der Waals surface area contributed by atoms with E-state index in [-0.39, 0.29) is 0 Å². The predicted octanol–water partition coefficient (Wildman–Crippen LogP) is 1.34. The van der Waals surface area contributed by atoms with Gasteiger partial charge in [-0.1, -0.05) is 6.92 Å². The molecule has 1 saturated heterocycles. The quantitative estimate of drug-likeness (QED) is 0.675. The van der Waals surface area contributed by atoms with Crippen LogP contribution in [0.3, 0.4) is 0 Å². The van der Waals surface area contributed by atoms with Crippen molar-refractivity contribution in [1.82, 2.24) is 10.2 Å². The summed E-state index contributed by atoms with van der Waals surface area (Å²) in [4.78, 5) is 2.61. The average molecular weight is 214 g/mol. The lowest BCUT2D eigenvalue weighted by atomic mass is 9.99. The molecule has 1 aliphatic heterocycles. The fourth-order valence-electron chi connectivity index (χ4n) is 2.24. The average Bonchev–Trinajstić information content (AvgIpc) is 2.24. The molecule has 1 N–H and O–H groups in total. The van der Waals surface area contributed by atoms with E-state index in [9.17, 15) is 0 Å². The molecule has 1 heterocycles. The van der Waals surface area contributed by atoms with Crippen LogP contribution in [0, 0.1) is 5.92 Å². The second kappa shape index (κ2) is 7.20. The molecule has 3 heteroatoms. The molecule has 90 valence electrons. The standard InChI is InChI=1S/C12H26N2O/c1-11-5-4-7-14(10-11)12(2)9-13-6-8-15-3/h11-13H,4-10H2,1-3H3. The summed E-state index contributed by atoms with van der Waals surface area (Å²) in [7, 11) is 1.75. The van der Waals surface area contributed by atoms with Crippen molar-refractivity contribution in [3.05, 3.63) is 0 Å². The number of methoxy groups -OCH3 is 1. The summed E-state index contributed by atoms with van der Waals surface area (Å²) in [5.74, 6) is 0.875. The van der Waals surface area contributed by atoms with E-state index in [1.165, 1.54) is 25.9 Å². The second-order valence-corrected chi connectivity index (χ2v) is 4.79. The minimum Gasteiger partial charge on any atom is -0.383 e. The molecule has 0 spiro atoms. The van der Waals surface area contributed by atoms with Crippen LogP contribution in [0.5, 0.6) is 0 Å². The van der Waals surface area contributed by atoms with E-state index >= 15 is 0 Å². The molecule has 1 fully saturated rings. The van der Waals surface area contributed by atoms with Gasteiger partial charge in [0.15, 0.2) is 0 Å². The highest BCUT2D eigenvalue weighted by Crippen LogP contribution is 2.17. The molecule has 0 radical (unpaired) electrons. The molecule has 2 atom stereocenters. The molecule has 1 aliphatic rings. The number of likely N-dealkylation sites (tertiary alicyclic amines) is 1. The zero-order valence-corrected chi connectivity index (χ0v) is 10.5. The van der Waals surface area contributed by atoms with E-state index in [0.29, 0.717) is 6.04 Å². The number of ether oxygens (including phenoxy) is 1. The van der Waals surface area contributed by atoms with Crippen LogP contribution >= 0.6 is 0 Å². The lowest BCUT2D eigenvalue weighted by Gasteiger charge is -2.35. The van der Waals surface area contributed by atoms with Gasteiger partial charge in [-0.15, -0.1) is 0 Å². The van der Waals surface area contributed by atoms with Crippen molar-refractivity contribution < 1.29 is 4.74 Å². The van der Waals surface area contributed by atoms with Gasteiger partial charge >= 0.3 is 0 Å². The Bertz CT molecular complexity index is 164. The van der Waals surface area contributed by atoms with Crippen molar-refractivity contribution in [2.45, 2.75) is 32.7 Å². The third-order valence-corrected chi connectivity index (χ3v) is 3.23. The first-order valence-corrected chi connectivity index (χ1v) is 6.17. The number of hydrogen-bond donors (Lipinski definition) is 1. The highest BCUT2D eigenvalue weighted by molar-refractivity contribution is 4.76. The molecule has 15 heavy (non-hydrogen) atoms. The van der Waals surface area contributed by atoms with E-state index in [0.717, 1.165) is 25.6 Å². The highest BCUT2D eigenvalue weighted by Gasteiger charge is 2.20. The van der Waals surface area contributed by atoms with Gasteiger partial charge in [-0.2, -0.15) is 0 Å². The molecule has 0 aromatic heterocycles. The highest BCUT2D eigenvalue weighted by atomic mass is 16.5. The number of piperidine rings is 1. The molecule has 0 amide bonds. The minimum atomic E-state index is 0.657. The van der Waals surface area contributed by atoms with Crippen LogP contribution in [0.2, 0.25) is 0 Å². The van der Waals surface area contributed by atoms with Crippen molar-refractivity contribution in [2.24, 2.45) is 5.92 Å². The van der Waals surface area contributed by atoms with Crippen LogP contribution in [0.4, 0.5) is 0 Å². The number of rotatable bonds is 6. The largest absolute Gasteiger partial charge is 0.383 e. The minimum absolute atomic E-state index is 0.657. The molecule has 0 aromatic rings. The summed E-state index contributed by atoms with van der Waals surface area (Å²) in [5.41, 5.74) is 0. The maximum atomic E-state index is 5.01. The predicted molar refractivity (Wildman–Crippen MR) is 64.2 cm³/mol. The maximum absolute atomic E-state index is 5.01. The van der Waals surface area contributed by atoms with Crippen LogP contribution in [0.15, 0.2) is 0 Å². The SMILES string of the molecule is COCCNCC(C)N1CCCC(C)C1. The van der Waals surface area contributed by atoms with Crippen molar-refractivity contribution in [3.63, 3.8) is 0 Å². The number of nitrogens with one attached hydrogen (secondary N) is 1. The summed E-state index contributed by atoms with van der Waals surface area (Å²) in [5, 5.41) is 3.43. The molecule has 0 saturated carbocycles. The molecule has 1 rings (SSSR count). The third kappa shape index (κ3) is 4.96. The Kier molecular flexibility index (Phi) is 6.22. The molecule has 0 bridgehead atoms. The van der Waals surface area contributed by atoms with Gasteiger partial charge in [-0.3, -0.25) is 4.90 Å². The second-order valence-electron chi connectivity index (χ2n) is 4.79. The van der Waals surface area contributed by atoms with Crippen LogP contribution in [0.1, 0.15) is 26.7 Å². The summed E-state index contributed by atoms with van der Waals surface area (Å²) >= 11 is 0. The van der Waals surface area contributed by atoms with Gasteiger partial charge < -0.3 is 10.1 Å². The van der Waals surface area contributed by atoms with Gasteiger partial charge in [0.25, 0.3) is 0 Å². The summed E-state index contributed by atoms with van der Waals surface area (Å²) in [6.07, 6.45) is 2.77. The zero-order valence-electron chi connectivity index (χ0n) is 10.5. The van der Waals surface area contributed by atoms with E-state index in [2.05, 4.69) is 24.1 Å². The Hall–Kier alpha value is -0.120. The van der Waals surface area contributed by atoms with Crippen LogP contribution in [0.25, 0.3) is 0 Å². The van der Waals surface area contributed by atoms with E-state index in [4.69, 9.17) is 4.74 Å². The molecular weight excluding hydrogens is 188 g/mol. The van der Waals surface area contributed by atoms with Gasteiger partial charge in [-0.05, 0) is 32.2 Å². The zero-order chi connectivity index (χ0) is 11.1. The molecule has 0 aliphatic carbocycles. The lowest BCUT2D eigenvalue weighted by Crippen LogP contribution is -2.45. The van der Waals surface area contributed by atoms with E-state index < -0.39 is 0 Å². The Balaban J connectivity index is 2.12. The summed E-state index contributed by atoms with van der Waals surface area (Å²) < 4.78 is 5.01. The van der Waals surface area contributed by atoms with E-state index in [1.54, 1.807) is 7.11 Å². The maximum Gasteiger partial charge on any atom is 0.0587 e. The Morgan fingerprint density at radius 1 is 1.53 bits per heavy atom. The van der Waals surface area contributed by atoms with Crippen LogP contribution in [-0.2, 0) is 4.74 Å². The smallest absolute Gasteiger partial charge is 0.0587 e.